The van der Waals surface area contributed by atoms with E-state index in [9.17, 15) is 4.79 Å². The molecular formula is C21H17ClO2. The maximum Gasteiger partial charge on any atom is 0.189 e. The van der Waals surface area contributed by atoms with Crippen molar-refractivity contribution in [2.24, 2.45) is 5.92 Å². The summed E-state index contributed by atoms with van der Waals surface area (Å²) in [6.45, 7) is 0.403. The number of rotatable bonds is 6. The predicted molar refractivity (Wildman–Crippen MR) is 97.5 cm³/mol. The zero-order valence-corrected chi connectivity index (χ0v) is 13.8. The number of hydrogen-bond donors (Lipinski definition) is 0. The Bertz CT molecular complexity index is 792. The number of ether oxygens (including phenoxy) is 1. The van der Waals surface area contributed by atoms with Crippen molar-refractivity contribution in [3.05, 3.63) is 101 Å². The number of hydrogen-bond acceptors (Lipinski definition) is 2. The average Bonchev–Trinajstić information content (AvgIpc) is 3.13. The SMILES string of the molecule is O=C(C=CC1C=CC=C1)c1cc(Cl)ccc1OCc1ccccc1. The summed E-state index contributed by atoms with van der Waals surface area (Å²) in [7, 11) is 0. The van der Waals surface area contributed by atoms with Crippen LogP contribution >= 0.6 is 11.6 Å². The number of ketones is 1. The molecule has 0 spiro atoms. The highest BCUT2D eigenvalue weighted by atomic mass is 35.5. The van der Waals surface area contributed by atoms with Crippen molar-refractivity contribution in [2.45, 2.75) is 6.61 Å². The molecule has 0 atom stereocenters. The van der Waals surface area contributed by atoms with Crippen LogP contribution < -0.4 is 4.74 Å². The van der Waals surface area contributed by atoms with Gasteiger partial charge >= 0.3 is 0 Å². The zero-order chi connectivity index (χ0) is 16.8. The first kappa shape index (κ1) is 16.3. The highest BCUT2D eigenvalue weighted by Gasteiger charge is 2.12. The first-order chi connectivity index (χ1) is 11.7. The topological polar surface area (TPSA) is 26.3 Å². The van der Waals surface area contributed by atoms with Crippen LogP contribution in [0.5, 0.6) is 5.75 Å². The van der Waals surface area contributed by atoms with Gasteiger partial charge in [-0.1, -0.05) is 72.3 Å². The second kappa shape index (κ2) is 7.80. The molecule has 0 saturated heterocycles. The van der Waals surface area contributed by atoms with E-state index in [0.717, 1.165) is 5.56 Å². The van der Waals surface area contributed by atoms with Crippen molar-refractivity contribution < 1.29 is 9.53 Å². The van der Waals surface area contributed by atoms with E-state index in [1.165, 1.54) is 0 Å². The molecule has 24 heavy (non-hydrogen) atoms. The van der Waals surface area contributed by atoms with Gasteiger partial charge in [0, 0.05) is 10.9 Å². The van der Waals surface area contributed by atoms with Gasteiger partial charge in [-0.25, -0.2) is 0 Å². The van der Waals surface area contributed by atoms with Gasteiger partial charge < -0.3 is 4.74 Å². The van der Waals surface area contributed by atoms with Crippen molar-refractivity contribution in [3.8, 4) is 5.75 Å². The van der Waals surface area contributed by atoms with E-state index >= 15 is 0 Å². The quantitative estimate of drug-likeness (QED) is 0.521. The molecule has 2 aromatic carbocycles. The smallest absolute Gasteiger partial charge is 0.189 e. The van der Waals surface area contributed by atoms with Crippen molar-refractivity contribution in [1.29, 1.82) is 0 Å². The Morgan fingerprint density at radius 3 is 2.58 bits per heavy atom. The summed E-state index contributed by atoms with van der Waals surface area (Å²) in [5, 5.41) is 0.513. The van der Waals surface area contributed by atoms with Crippen LogP contribution in [0.4, 0.5) is 0 Å². The summed E-state index contributed by atoms with van der Waals surface area (Å²) >= 11 is 6.05. The molecule has 0 N–H and O–H groups in total. The molecule has 2 nitrogen and oxygen atoms in total. The molecular weight excluding hydrogens is 320 g/mol. The van der Waals surface area contributed by atoms with Crippen molar-refractivity contribution in [2.75, 3.05) is 0 Å². The van der Waals surface area contributed by atoms with Crippen molar-refractivity contribution >= 4 is 17.4 Å². The third-order valence-corrected chi connectivity index (χ3v) is 3.93. The lowest BCUT2D eigenvalue weighted by molar-refractivity contribution is 0.104. The lowest BCUT2D eigenvalue weighted by atomic mass is 10.1. The minimum absolute atomic E-state index is 0.116. The van der Waals surface area contributed by atoms with Crippen LogP contribution in [0.2, 0.25) is 5.02 Å². The van der Waals surface area contributed by atoms with Crippen LogP contribution in [-0.2, 0) is 6.61 Å². The highest BCUT2D eigenvalue weighted by Crippen LogP contribution is 2.25. The monoisotopic (exact) mass is 336 g/mol. The number of carbonyl (C=O) groups excluding carboxylic acids is 1. The molecule has 0 unspecified atom stereocenters. The minimum Gasteiger partial charge on any atom is -0.488 e. The van der Waals surface area contributed by atoms with E-state index in [-0.39, 0.29) is 11.7 Å². The molecule has 120 valence electrons. The fourth-order valence-electron chi connectivity index (χ4n) is 2.42. The van der Waals surface area contributed by atoms with Gasteiger partial charge in [-0.05, 0) is 29.8 Å². The molecule has 0 radical (unpaired) electrons. The van der Waals surface area contributed by atoms with Gasteiger partial charge in [0.2, 0.25) is 0 Å². The summed E-state index contributed by atoms with van der Waals surface area (Å²) in [6, 6.07) is 14.9. The molecule has 1 aliphatic carbocycles. The van der Waals surface area contributed by atoms with Crippen LogP contribution in [0.3, 0.4) is 0 Å². The first-order valence-corrected chi connectivity index (χ1v) is 8.14. The van der Waals surface area contributed by atoms with E-state index in [0.29, 0.717) is 22.9 Å². The Kier molecular flexibility index (Phi) is 5.29. The maximum atomic E-state index is 12.5. The number of carbonyl (C=O) groups is 1. The summed E-state index contributed by atoms with van der Waals surface area (Å²) in [4.78, 5) is 12.5. The van der Waals surface area contributed by atoms with E-state index in [1.807, 2.05) is 60.7 Å². The Hall–Kier alpha value is -2.58. The lowest BCUT2D eigenvalue weighted by Crippen LogP contribution is -2.03. The minimum atomic E-state index is -0.116. The molecule has 0 heterocycles. The van der Waals surface area contributed by atoms with E-state index < -0.39 is 0 Å². The zero-order valence-electron chi connectivity index (χ0n) is 13.1. The molecule has 0 bridgehead atoms. The molecule has 1 aliphatic rings. The average molecular weight is 337 g/mol. The molecule has 3 heteroatoms. The van der Waals surface area contributed by atoms with Crippen LogP contribution in [-0.4, -0.2) is 5.78 Å². The number of halogens is 1. The molecule has 0 aliphatic heterocycles. The molecule has 3 rings (SSSR count). The summed E-state index contributed by atoms with van der Waals surface area (Å²) in [6.07, 6.45) is 11.4. The van der Waals surface area contributed by atoms with Gasteiger partial charge in [0.15, 0.2) is 5.78 Å². The maximum absolute atomic E-state index is 12.5. The fraction of sp³-hybridized carbons (Fsp3) is 0.0952. The summed E-state index contributed by atoms with van der Waals surface area (Å²) in [5.41, 5.74) is 1.52. The molecule has 0 saturated carbocycles. The fourth-order valence-corrected chi connectivity index (χ4v) is 2.59. The molecule has 0 amide bonds. The number of allylic oxidation sites excluding steroid dienone is 6. The lowest BCUT2D eigenvalue weighted by Gasteiger charge is -2.10. The van der Waals surface area contributed by atoms with Crippen LogP contribution in [0.25, 0.3) is 0 Å². The van der Waals surface area contributed by atoms with Crippen LogP contribution in [0.15, 0.2) is 85.0 Å². The summed E-state index contributed by atoms with van der Waals surface area (Å²) in [5.74, 6) is 0.589. The van der Waals surface area contributed by atoms with Gasteiger partial charge in [-0.2, -0.15) is 0 Å². The molecule has 0 aromatic heterocycles. The van der Waals surface area contributed by atoms with E-state index in [1.54, 1.807) is 24.3 Å². The number of benzene rings is 2. The van der Waals surface area contributed by atoms with Crippen molar-refractivity contribution in [3.63, 3.8) is 0 Å². The molecule has 2 aromatic rings. The van der Waals surface area contributed by atoms with E-state index in [2.05, 4.69) is 0 Å². The predicted octanol–water partition coefficient (Wildman–Crippen LogP) is 5.40. The van der Waals surface area contributed by atoms with Gasteiger partial charge in [0.1, 0.15) is 12.4 Å². The molecule has 0 fully saturated rings. The second-order valence-electron chi connectivity index (χ2n) is 5.49. The van der Waals surface area contributed by atoms with Crippen LogP contribution in [0, 0.1) is 5.92 Å². The third kappa shape index (κ3) is 4.24. The van der Waals surface area contributed by atoms with Gasteiger partial charge in [0.25, 0.3) is 0 Å². The van der Waals surface area contributed by atoms with Gasteiger partial charge in [-0.15, -0.1) is 0 Å². The first-order valence-electron chi connectivity index (χ1n) is 7.76. The Morgan fingerprint density at radius 1 is 1.08 bits per heavy atom. The Labute approximate surface area is 146 Å². The van der Waals surface area contributed by atoms with Crippen molar-refractivity contribution in [1.82, 2.24) is 0 Å². The second-order valence-corrected chi connectivity index (χ2v) is 5.92. The van der Waals surface area contributed by atoms with Crippen LogP contribution in [0.1, 0.15) is 15.9 Å². The largest absolute Gasteiger partial charge is 0.488 e. The normalized spacial score (nSPS) is 13.7. The Morgan fingerprint density at radius 2 is 1.83 bits per heavy atom. The third-order valence-electron chi connectivity index (χ3n) is 3.69. The van der Waals surface area contributed by atoms with Gasteiger partial charge in [0.05, 0.1) is 5.56 Å². The highest BCUT2D eigenvalue weighted by molar-refractivity contribution is 6.31. The standard InChI is InChI=1S/C21H17ClO2/c22-18-11-13-21(24-15-17-8-2-1-3-9-17)19(14-18)20(23)12-10-16-6-4-5-7-16/h1-14,16H,15H2. The summed E-state index contributed by atoms with van der Waals surface area (Å²) < 4.78 is 5.83. The van der Waals surface area contributed by atoms with E-state index in [4.69, 9.17) is 16.3 Å². The van der Waals surface area contributed by atoms with Gasteiger partial charge in [-0.3, -0.25) is 4.79 Å². The Balaban J connectivity index is 1.76.